The number of hydrogen-bond acceptors (Lipinski definition) is 4. The smallest absolute Gasteiger partial charge is 0.259 e. The lowest BCUT2D eigenvalue weighted by Crippen LogP contribution is -2.40. The van der Waals surface area contributed by atoms with E-state index in [-0.39, 0.29) is 22.7 Å². The van der Waals surface area contributed by atoms with E-state index in [2.05, 4.69) is 0 Å². The lowest BCUT2D eigenvalue weighted by molar-refractivity contribution is 0.0894. The van der Waals surface area contributed by atoms with Gasteiger partial charge >= 0.3 is 0 Å². The lowest BCUT2D eigenvalue weighted by atomic mass is 9.93. The number of anilines is 2. The van der Waals surface area contributed by atoms with Gasteiger partial charge < -0.3 is 0 Å². The predicted molar refractivity (Wildman–Crippen MR) is 222 cm³/mol. The summed E-state index contributed by atoms with van der Waals surface area (Å²) in [6, 6.07) is 55.9. The van der Waals surface area contributed by atoms with Crippen molar-refractivity contribution in [1.82, 2.24) is 0 Å². The van der Waals surface area contributed by atoms with Gasteiger partial charge in [-0.2, -0.15) is 0 Å². The Bertz CT molecular complexity index is 2260. The van der Waals surface area contributed by atoms with Crippen molar-refractivity contribution < 1.29 is 19.2 Å². The third-order valence-corrected chi connectivity index (χ3v) is 9.80. The molecule has 2 atom stereocenters. The molecule has 2 amide bonds. The zero-order valence-electron chi connectivity index (χ0n) is 31.2. The van der Waals surface area contributed by atoms with Crippen LogP contribution in [0.2, 0.25) is 0 Å². The van der Waals surface area contributed by atoms with Crippen LogP contribution >= 0.6 is 0 Å². The highest BCUT2D eigenvalue weighted by Crippen LogP contribution is 2.35. The molecule has 2 unspecified atom stereocenters. The zero-order valence-corrected chi connectivity index (χ0v) is 31.2. The number of aryl methyl sites for hydroxylation is 2. The van der Waals surface area contributed by atoms with E-state index in [9.17, 15) is 19.2 Å². The van der Waals surface area contributed by atoms with Crippen LogP contribution in [-0.4, -0.2) is 23.4 Å². The number of ketones is 2. The molecule has 6 nitrogen and oxygen atoms in total. The van der Waals surface area contributed by atoms with Gasteiger partial charge in [-0.05, 0) is 73.5 Å². The second kappa shape index (κ2) is 16.9. The number of Topliss-reactive ketones (excluding diaryl/α,β-unsaturated/α-hetero) is 2. The van der Waals surface area contributed by atoms with Gasteiger partial charge in [0.25, 0.3) is 11.8 Å². The molecule has 7 aromatic carbocycles. The third kappa shape index (κ3) is 8.00. The molecule has 0 bridgehead atoms. The van der Waals surface area contributed by atoms with E-state index in [0.29, 0.717) is 33.6 Å². The molecule has 6 heteroatoms. The minimum atomic E-state index is -0.984. The summed E-state index contributed by atoms with van der Waals surface area (Å²) in [6.45, 7) is 3.93. The highest BCUT2D eigenvalue weighted by Gasteiger charge is 2.36. The quantitative estimate of drug-likeness (QED) is 0.117. The van der Waals surface area contributed by atoms with Crippen molar-refractivity contribution in [3.05, 3.63) is 239 Å². The molecule has 0 heterocycles. The maximum Gasteiger partial charge on any atom is 0.259 e. The van der Waals surface area contributed by atoms with E-state index in [4.69, 9.17) is 0 Å². The van der Waals surface area contributed by atoms with Gasteiger partial charge in [0.05, 0.1) is 0 Å². The highest BCUT2D eigenvalue weighted by molar-refractivity contribution is 6.15. The van der Waals surface area contributed by atoms with Gasteiger partial charge in [0.1, 0.15) is 12.1 Å². The fourth-order valence-electron chi connectivity index (χ4n) is 6.84. The Kier molecular flexibility index (Phi) is 11.2. The molecule has 0 saturated carbocycles. The van der Waals surface area contributed by atoms with Crippen LogP contribution in [0.3, 0.4) is 0 Å². The van der Waals surface area contributed by atoms with Crippen molar-refractivity contribution in [3.63, 3.8) is 0 Å². The number of hydrogen-bond donors (Lipinski definition) is 0. The maximum atomic E-state index is 14.8. The summed E-state index contributed by atoms with van der Waals surface area (Å²) >= 11 is 0. The van der Waals surface area contributed by atoms with Crippen molar-refractivity contribution in [2.75, 3.05) is 9.80 Å². The molecule has 7 aromatic rings. The molecule has 0 aliphatic heterocycles. The lowest BCUT2D eigenvalue weighted by Gasteiger charge is -2.32. The molecule has 0 aliphatic rings. The van der Waals surface area contributed by atoms with Gasteiger partial charge in [-0.3, -0.25) is 29.0 Å². The van der Waals surface area contributed by atoms with Crippen molar-refractivity contribution in [2.45, 2.75) is 25.9 Å². The van der Waals surface area contributed by atoms with E-state index in [1.807, 2.05) is 135 Å². The highest BCUT2D eigenvalue weighted by atomic mass is 16.2. The molecule has 0 aromatic heterocycles. The second-order valence-corrected chi connectivity index (χ2v) is 13.7. The molecule has 0 N–H and O–H groups in total. The van der Waals surface area contributed by atoms with E-state index in [1.54, 1.807) is 72.8 Å². The van der Waals surface area contributed by atoms with Crippen LogP contribution in [0.15, 0.2) is 194 Å². The van der Waals surface area contributed by atoms with E-state index in [0.717, 1.165) is 11.1 Å². The Morgan fingerprint density at radius 2 is 0.625 bits per heavy atom. The van der Waals surface area contributed by atoms with Gasteiger partial charge in [-0.25, -0.2) is 0 Å². The normalized spacial score (nSPS) is 11.9. The van der Waals surface area contributed by atoms with Crippen LogP contribution in [0.4, 0.5) is 11.4 Å². The van der Waals surface area contributed by atoms with Gasteiger partial charge in [-0.1, -0.05) is 157 Å². The maximum absolute atomic E-state index is 14.8. The molecule has 0 aliphatic carbocycles. The summed E-state index contributed by atoms with van der Waals surface area (Å²) in [7, 11) is 0. The van der Waals surface area contributed by atoms with Crippen LogP contribution in [0.25, 0.3) is 0 Å². The molecular weight excluding hydrogens is 693 g/mol. The molecule has 0 saturated heterocycles. The molecule has 7 rings (SSSR count). The predicted octanol–water partition coefficient (Wildman–Crippen LogP) is 10.8. The fraction of sp³-hybridized carbons (Fsp3) is 0.0800. The second-order valence-electron chi connectivity index (χ2n) is 13.7. The average Bonchev–Trinajstić information content (AvgIpc) is 3.26. The summed E-state index contributed by atoms with van der Waals surface area (Å²) in [5.41, 5.74) is 5.94. The summed E-state index contributed by atoms with van der Waals surface area (Å²) in [5, 5.41) is 0. The molecule has 0 fully saturated rings. The largest absolute Gasteiger partial charge is 0.293 e. The van der Waals surface area contributed by atoms with E-state index >= 15 is 0 Å². The molecule has 56 heavy (non-hydrogen) atoms. The first-order chi connectivity index (χ1) is 27.3. The Labute approximate surface area is 327 Å². The summed E-state index contributed by atoms with van der Waals surface area (Å²) < 4.78 is 0. The number of carbonyl (C=O) groups is 4. The van der Waals surface area contributed by atoms with Crippen molar-refractivity contribution in [1.29, 1.82) is 0 Å². The van der Waals surface area contributed by atoms with Crippen LogP contribution in [0, 0.1) is 13.8 Å². The summed E-state index contributed by atoms with van der Waals surface area (Å²) in [5.74, 6) is -1.30. The van der Waals surface area contributed by atoms with Crippen LogP contribution in [-0.2, 0) is 0 Å². The summed E-state index contributed by atoms with van der Waals surface area (Å²) in [4.78, 5) is 61.5. The molecule has 274 valence electrons. The average molecular weight is 733 g/mol. The van der Waals surface area contributed by atoms with Gasteiger partial charge in [0, 0.05) is 33.6 Å². The molecular formula is C50H40N2O4. The number of benzene rings is 7. The third-order valence-electron chi connectivity index (χ3n) is 9.80. The first-order valence-corrected chi connectivity index (χ1v) is 18.5. The Morgan fingerprint density at radius 3 is 0.929 bits per heavy atom. The van der Waals surface area contributed by atoms with Gasteiger partial charge in [0.2, 0.25) is 0 Å². The number of nitrogens with zero attached hydrogens (tertiary/aromatic N) is 2. The minimum absolute atomic E-state index is 0.235. The minimum Gasteiger partial charge on any atom is -0.293 e. The summed E-state index contributed by atoms with van der Waals surface area (Å²) in [6.07, 6.45) is 0. The topological polar surface area (TPSA) is 74.8 Å². The van der Waals surface area contributed by atoms with Crippen LogP contribution in [0.5, 0.6) is 0 Å². The number of amides is 2. The van der Waals surface area contributed by atoms with Crippen molar-refractivity contribution in [3.8, 4) is 0 Å². The van der Waals surface area contributed by atoms with Crippen molar-refractivity contribution >= 4 is 34.8 Å². The first-order valence-electron chi connectivity index (χ1n) is 18.5. The Morgan fingerprint density at radius 1 is 0.339 bits per heavy atom. The monoisotopic (exact) mass is 732 g/mol. The van der Waals surface area contributed by atoms with E-state index < -0.39 is 23.9 Å². The standard InChI is InChI=1S/C50H40N2O4/c1-35-23-31-43(32-24-35)51(45(37-15-7-3-8-16-37)47(53)39-19-11-5-12-20-39)49(55)41-27-29-42(30-28-41)50(56)52(44-33-25-36(2)26-34-44)46(38-17-9-4-10-18-38)48(54)40-21-13-6-14-22-40/h3-34,45-46H,1-2H3. The van der Waals surface area contributed by atoms with E-state index in [1.165, 1.54) is 9.80 Å². The zero-order chi connectivity index (χ0) is 39.0. The van der Waals surface area contributed by atoms with Gasteiger partial charge in [-0.15, -0.1) is 0 Å². The molecule has 0 spiro atoms. The number of rotatable bonds is 12. The Balaban J connectivity index is 1.30. The first kappa shape index (κ1) is 37.1. The van der Waals surface area contributed by atoms with Crippen LogP contribution in [0.1, 0.15) is 75.8 Å². The van der Waals surface area contributed by atoms with Gasteiger partial charge in [0.15, 0.2) is 11.6 Å². The van der Waals surface area contributed by atoms with Crippen LogP contribution < -0.4 is 9.80 Å². The number of carbonyl (C=O) groups excluding carboxylic acids is 4. The SMILES string of the molecule is Cc1ccc(N(C(=O)c2ccc(C(=O)N(c3ccc(C)cc3)C(C(=O)c3ccccc3)c3ccccc3)cc2)C(C(=O)c2ccccc2)c2ccccc2)cc1. The molecule has 0 radical (unpaired) electrons. The fourth-order valence-corrected chi connectivity index (χ4v) is 6.84. The Hall–Kier alpha value is -7.18. The van der Waals surface area contributed by atoms with Crippen molar-refractivity contribution in [2.24, 2.45) is 0 Å².